The smallest absolute Gasteiger partial charge is 0.194 e. The molecule has 0 aliphatic heterocycles. The van der Waals surface area contributed by atoms with E-state index in [9.17, 15) is 18.3 Å². The van der Waals surface area contributed by atoms with E-state index in [1.54, 1.807) is 6.92 Å². The minimum absolute atomic E-state index is 0.324. The summed E-state index contributed by atoms with van der Waals surface area (Å²) in [5, 5.41) is 13.8. The summed E-state index contributed by atoms with van der Waals surface area (Å²) in [6, 6.07) is 1.79. The van der Waals surface area contributed by atoms with Crippen molar-refractivity contribution >= 4 is 11.5 Å². The first kappa shape index (κ1) is 13.0. The molecular formula is C11H9F3N2OS. The van der Waals surface area contributed by atoms with E-state index in [0.29, 0.717) is 17.0 Å². The number of nitrogens with zero attached hydrogens (tertiary/aromatic N) is 2. The van der Waals surface area contributed by atoms with Gasteiger partial charge in [0.05, 0.1) is 10.6 Å². The molecule has 1 N–H and O–H groups in total. The predicted molar refractivity (Wildman–Crippen MR) is 59.7 cm³/mol. The van der Waals surface area contributed by atoms with Gasteiger partial charge in [0.25, 0.3) is 0 Å². The van der Waals surface area contributed by atoms with E-state index in [0.717, 1.165) is 23.7 Å². The van der Waals surface area contributed by atoms with Crippen LogP contribution in [0.2, 0.25) is 0 Å². The molecule has 1 aromatic carbocycles. The first-order valence-electron chi connectivity index (χ1n) is 5.18. The summed E-state index contributed by atoms with van der Waals surface area (Å²) in [7, 11) is 0. The molecule has 0 bridgehead atoms. The highest BCUT2D eigenvalue weighted by atomic mass is 32.1. The van der Waals surface area contributed by atoms with Crippen LogP contribution in [0.1, 0.15) is 29.2 Å². The number of hydrogen-bond donors (Lipinski definition) is 1. The van der Waals surface area contributed by atoms with Gasteiger partial charge in [0.1, 0.15) is 6.10 Å². The highest BCUT2D eigenvalue weighted by Gasteiger charge is 2.24. The SMILES string of the molecule is CCc1nnsc1C(O)c1ccc(F)c(F)c1F. The average molecular weight is 274 g/mol. The van der Waals surface area contributed by atoms with Crippen LogP contribution in [0.3, 0.4) is 0 Å². The molecule has 2 aromatic rings. The van der Waals surface area contributed by atoms with Gasteiger partial charge in [-0.2, -0.15) is 0 Å². The van der Waals surface area contributed by atoms with E-state index in [1.165, 1.54) is 0 Å². The highest BCUT2D eigenvalue weighted by molar-refractivity contribution is 7.05. The summed E-state index contributed by atoms with van der Waals surface area (Å²) in [6.45, 7) is 1.80. The third kappa shape index (κ3) is 2.11. The average Bonchev–Trinajstić information content (AvgIpc) is 2.83. The quantitative estimate of drug-likeness (QED) is 0.875. The standard InChI is InChI=1S/C11H9F3N2OS/c1-2-7-11(18-16-15-7)10(17)5-3-4-6(12)9(14)8(5)13/h3-4,10,17H,2H2,1H3. The fraction of sp³-hybridized carbons (Fsp3) is 0.273. The van der Waals surface area contributed by atoms with Crippen LogP contribution in [0.5, 0.6) is 0 Å². The normalized spacial score (nSPS) is 12.7. The zero-order valence-electron chi connectivity index (χ0n) is 9.32. The molecule has 0 aliphatic rings. The van der Waals surface area contributed by atoms with Crippen LogP contribution in [-0.2, 0) is 6.42 Å². The Morgan fingerprint density at radius 3 is 2.67 bits per heavy atom. The predicted octanol–water partition coefficient (Wildman–Crippen LogP) is 2.60. The number of aryl methyl sites for hydroxylation is 1. The van der Waals surface area contributed by atoms with E-state index < -0.39 is 23.6 Å². The lowest BCUT2D eigenvalue weighted by molar-refractivity contribution is 0.215. The lowest BCUT2D eigenvalue weighted by Gasteiger charge is -2.11. The maximum Gasteiger partial charge on any atom is 0.194 e. The van der Waals surface area contributed by atoms with Crippen molar-refractivity contribution in [3.63, 3.8) is 0 Å². The molecule has 7 heteroatoms. The molecule has 96 valence electrons. The Balaban J connectivity index is 2.46. The van der Waals surface area contributed by atoms with Gasteiger partial charge in [-0.1, -0.05) is 11.4 Å². The van der Waals surface area contributed by atoms with Gasteiger partial charge >= 0.3 is 0 Å². The Kier molecular flexibility index (Phi) is 3.63. The fourth-order valence-corrected chi connectivity index (χ4v) is 2.31. The number of benzene rings is 1. The van der Waals surface area contributed by atoms with Crippen molar-refractivity contribution in [1.29, 1.82) is 0 Å². The zero-order valence-corrected chi connectivity index (χ0v) is 10.1. The Labute approximate surface area is 105 Å². The van der Waals surface area contributed by atoms with Gasteiger partial charge < -0.3 is 5.11 Å². The molecule has 0 saturated heterocycles. The minimum Gasteiger partial charge on any atom is -0.383 e. The van der Waals surface area contributed by atoms with Crippen LogP contribution < -0.4 is 0 Å². The molecule has 1 heterocycles. The number of aliphatic hydroxyl groups excluding tert-OH is 1. The van der Waals surface area contributed by atoms with E-state index in [4.69, 9.17) is 0 Å². The van der Waals surface area contributed by atoms with Crippen molar-refractivity contribution in [1.82, 2.24) is 9.59 Å². The van der Waals surface area contributed by atoms with Gasteiger partial charge in [-0.15, -0.1) is 5.10 Å². The van der Waals surface area contributed by atoms with Gasteiger partial charge in [0.15, 0.2) is 17.5 Å². The molecule has 0 aliphatic carbocycles. The lowest BCUT2D eigenvalue weighted by Crippen LogP contribution is -2.06. The maximum absolute atomic E-state index is 13.5. The molecular weight excluding hydrogens is 265 g/mol. The molecule has 3 nitrogen and oxygen atoms in total. The number of aliphatic hydroxyl groups is 1. The summed E-state index contributed by atoms with van der Waals surface area (Å²) < 4.78 is 43.1. The summed E-state index contributed by atoms with van der Waals surface area (Å²) in [5.74, 6) is -4.28. The van der Waals surface area contributed by atoms with E-state index in [2.05, 4.69) is 9.59 Å². The van der Waals surface area contributed by atoms with Crippen molar-refractivity contribution in [2.75, 3.05) is 0 Å². The first-order chi connectivity index (χ1) is 8.56. The second-order valence-corrected chi connectivity index (χ2v) is 4.39. The summed E-state index contributed by atoms with van der Waals surface area (Å²) >= 11 is 0.902. The van der Waals surface area contributed by atoms with E-state index in [1.807, 2.05) is 0 Å². The lowest BCUT2D eigenvalue weighted by atomic mass is 10.1. The van der Waals surface area contributed by atoms with Gasteiger partial charge in [-0.3, -0.25) is 0 Å². The maximum atomic E-state index is 13.5. The van der Waals surface area contributed by atoms with Crippen LogP contribution >= 0.6 is 11.5 Å². The van der Waals surface area contributed by atoms with Gasteiger partial charge in [-0.05, 0) is 30.1 Å². The van der Waals surface area contributed by atoms with Crippen LogP contribution in [0.25, 0.3) is 0 Å². The molecule has 0 spiro atoms. The monoisotopic (exact) mass is 274 g/mol. The van der Waals surface area contributed by atoms with Crippen LogP contribution in [0.4, 0.5) is 13.2 Å². The largest absolute Gasteiger partial charge is 0.383 e. The summed E-state index contributed by atoms with van der Waals surface area (Å²) in [4.78, 5) is 0.336. The molecule has 18 heavy (non-hydrogen) atoms. The van der Waals surface area contributed by atoms with Crippen LogP contribution in [0.15, 0.2) is 12.1 Å². The molecule has 1 aromatic heterocycles. The van der Waals surface area contributed by atoms with Crippen molar-refractivity contribution in [2.24, 2.45) is 0 Å². The van der Waals surface area contributed by atoms with E-state index in [-0.39, 0.29) is 5.56 Å². The molecule has 0 radical (unpaired) electrons. The fourth-order valence-electron chi connectivity index (χ4n) is 1.56. The Morgan fingerprint density at radius 1 is 1.28 bits per heavy atom. The highest BCUT2D eigenvalue weighted by Crippen LogP contribution is 2.30. The molecule has 1 unspecified atom stereocenters. The number of halogens is 3. The van der Waals surface area contributed by atoms with Gasteiger partial charge in [-0.25, -0.2) is 13.2 Å². The second kappa shape index (κ2) is 5.03. The first-order valence-corrected chi connectivity index (χ1v) is 5.96. The summed E-state index contributed by atoms with van der Waals surface area (Å²) in [6.07, 6.45) is -0.885. The zero-order chi connectivity index (χ0) is 13.3. The Hall–Kier alpha value is -1.47. The Morgan fingerprint density at radius 2 is 2.00 bits per heavy atom. The van der Waals surface area contributed by atoms with Crippen molar-refractivity contribution < 1.29 is 18.3 Å². The van der Waals surface area contributed by atoms with Crippen molar-refractivity contribution in [3.05, 3.63) is 45.7 Å². The molecule has 0 fully saturated rings. The topological polar surface area (TPSA) is 46.0 Å². The Bertz CT molecular complexity index is 573. The van der Waals surface area contributed by atoms with Gasteiger partial charge in [0, 0.05) is 5.56 Å². The third-order valence-corrected chi connectivity index (χ3v) is 3.35. The van der Waals surface area contributed by atoms with E-state index >= 15 is 0 Å². The number of rotatable bonds is 3. The molecule has 1 atom stereocenters. The van der Waals surface area contributed by atoms with Crippen molar-refractivity contribution in [3.8, 4) is 0 Å². The molecule has 2 rings (SSSR count). The van der Waals surface area contributed by atoms with Crippen molar-refractivity contribution in [2.45, 2.75) is 19.4 Å². The summed E-state index contributed by atoms with van der Waals surface area (Å²) in [5.41, 5.74) is 0.186. The third-order valence-electron chi connectivity index (χ3n) is 2.53. The molecule has 0 saturated carbocycles. The molecule has 0 amide bonds. The number of hydrogen-bond acceptors (Lipinski definition) is 4. The number of aromatic nitrogens is 2. The minimum atomic E-state index is -1.60. The van der Waals surface area contributed by atoms with Crippen LogP contribution in [0, 0.1) is 17.5 Å². The van der Waals surface area contributed by atoms with Gasteiger partial charge in [0.2, 0.25) is 0 Å². The van der Waals surface area contributed by atoms with Crippen LogP contribution in [-0.4, -0.2) is 14.7 Å². The second-order valence-electron chi connectivity index (χ2n) is 3.60.